The van der Waals surface area contributed by atoms with E-state index in [1.807, 2.05) is 26.0 Å². The lowest BCUT2D eigenvalue weighted by Crippen LogP contribution is -2.17. The van der Waals surface area contributed by atoms with Crippen molar-refractivity contribution in [3.63, 3.8) is 0 Å². The predicted octanol–water partition coefficient (Wildman–Crippen LogP) is 6.63. The summed E-state index contributed by atoms with van der Waals surface area (Å²) >= 11 is 6.25. The monoisotopic (exact) mass is 365 g/mol. The minimum absolute atomic E-state index is 0.465. The van der Waals surface area contributed by atoms with Crippen molar-refractivity contribution in [2.75, 3.05) is 11.4 Å². The fraction of sp³-hybridized carbons (Fsp3) is 0.238. The van der Waals surface area contributed by atoms with Crippen LogP contribution in [0.15, 0.2) is 40.9 Å². The number of hydrogen-bond donors (Lipinski definition) is 0. The van der Waals surface area contributed by atoms with Crippen LogP contribution in [0.2, 0.25) is 5.02 Å². The molecule has 1 heterocycles. The fourth-order valence-corrected chi connectivity index (χ4v) is 3.41. The molecule has 0 aliphatic rings. The number of aromatic nitrogens is 1. The Balaban J connectivity index is 2.11. The van der Waals surface area contributed by atoms with Gasteiger partial charge in [0, 0.05) is 28.5 Å². The zero-order valence-corrected chi connectivity index (χ0v) is 16.1. The van der Waals surface area contributed by atoms with Gasteiger partial charge in [0.05, 0.1) is 12.3 Å². The standard InChI is InChI=1S/C21H20ClN3O/c1-6-25(17-9-10-19(23-5)18(22)12-17)20-11-16(8-7-13(20)2)21-14(3)24-26-15(21)4/h7-12H,6H2,1-4H3. The molecule has 0 aliphatic carbocycles. The van der Waals surface area contributed by atoms with E-state index >= 15 is 0 Å². The number of aryl methyl sites for hydroxylation is 3. The Hall–Kier alpha value is -2.77. The van der Waals surface area contributed by atoms with E-state index < -0.39 is 0 Å². The second-order valence-corrected chi connectivity index (χ2v) is 6.60. The molecule has 3 aromatic rings. The van der Waals surface area contributed by atoms with Crippen molar-refractivity contribution in [3.05, 3.63) is 69.9 Å². The van der Waals surface area contributed by atoms with Gasteiger partial charge in [-0.05, 0) is 57.0 Å². The number of anilines is 2. The molecule has 0 fully saturated rings. The van der Waals surface area contributed by atoms with Crippen molar-refractivity contribution in [1.82, 2.24) is 5.16 Å². The molecule has 0 spiro atoms. The van der Waals surface area contributed by atoms with Crippen molar-refractivity contribution >= 4 is 28.7 Å². The number of halogens is 1. The third-order valence-corrected chi connectivity index (χ3v) is 4.80. The number of hydrogen-bond acceptors (Lipinski definition) is 3. The van der Waals surface area contributed by atoms with E-state index in [4.69, 9.17) is 22.7 Å². The molecule has 1 aromatic heterocycles. The molecule has 132 valence electrons. The molecule has 0 saturated carbocycles. The van der Waals surface area contributed by atoms with Crippen LogP contribution in [0.5, 0.6) is 0 Å². The summed E-state index contributed by atoms with van der Waals surface area (Å²) in [5.74, 6) is 0.810. The van der Waals surface area contributed by atoms with Gasteiger partial charge >= 0.3 is 0 Å². The van der Waals surface area contributed by atoms with Gasteiger partial charge < -0.3 is 9.42 Å². The molecular weight excluding hydrogens is 346 g/mol. The number of benzene rings is 2. The smallest absolute Gasteiger partial charge is 0.205 e. The summed E-state index contributed by atoms with van der Waals surface area (Å²) < 4.78 is 5.32. The molecule has 3 rings (SSSR count). The SMILES string of the molecule is [C-]#[N+]c1ccc(N(CC)c2cc(-c3c(C)noc3C)ccc2C)cc1Cl. The summed E-state index contributed by atoms with van der Waals surface area (Å²) in [6.45, 7) is 16.0. The van der Waals surface area contributed by atoms with E-state index in [1.165, 1.54) is 0 Å². The van der Waals surface area contributed by atoms with Gasteiger partial charge in [0.15, 0.2) is 0 Å². The Labute approximate surface area is 158 Å². The van der Waals surface area contributed by atoms with Crippen LogP contribution in [0, 0.1) is 27.3 Å². The Morgan fingerprint density at radius 1 is 1.15 bits per heavy atom. The first-order chi connectivity index (χ1) is 12.5. The largest absolute Gasteiger partial charge is 0.361 e. The third kappa shape index (κ3) is 3.18. The van der Waals surface area contributed by atoms with Gasteiger partial charge in [0.1, 0.15) is 5.76 Å². The van der Waals surface area contributed by atoms with Gasteiger partial charge in [0.25, 0.3) is 0 Å². The van der Waals surface area contributed by atoms with Crippen LogP contribution in [-0.4, -0.2) is 11.7 Å². The van der Waals surface area contributed by atoms with Crippen molar-refractivity contribution < 1.29 is 4.52 Å². The molecule has 2 aromatic carbocycles. The maximum Gasteiger partial charge on any atom is 0.205 e. The van der Waals surface area contributed by atoms with Crippen LogP contribution in [-0.2, 0) is 0 Å². The Kier molecular flexibility index (Phi) is 5.01. The average molecular weight is 366 g/mol. The second kappa shape index (κ2) is 7.23. The lowest BCUT2D eigenvalue weighted by atomic mass is 10.0. The maximum atomic E-state index is 7.17. The molecule has 0 unspecified atom stereocenters. The zero-order valence-electron chi connectivity index (χ0n) is 15.3. The maximum absolute atomic E-state index is 7.17. The van der Waals surface area contributed by atoms with Gasteiger partial charge in [0.2, 0.25) is 5.69 Å². The highest BCUT2D eigenvalue weighted by Gasteiger charge is 2.16. The van der Waals surface area contributed by atoms with E-state index in [0.29, 0.717) is 10.7 Å². The normalized spacial score (nSPS) is 10.6. The molecule has 0 saturated heterocycles. The molecule has 0 N–H and O–H groups in total. The van der Waals surface area contributed by atoms with E-state index in [0.717, 1.165) is 46.1 Å². The summed E-state index contributed by atoms with van der Waals surface area (Å²) in [6.07, 6.45) is 0. The summed E-state index contributed by atoms with van der Waals surface area (Å²) in [5.41, 5.74) is 6.67. The highest BCUT2D eigenvalue weighted by molar-refractivity contribution is 6.33. The molecule has 0 radical (unpaired) electrons. The summed E-state index contributed by atoms with van der Waals surface area (Å²) in [7, 11) is 0. The quantitative estimate of drug-likeness (QED) is 0.486. The van der Waals surface area contributed by atoms with E-state index in [2.05, 4.69) is 46.9 Å². The first-order valence-corrected chi connectivity index (χ1v) is 8.82. The van der Waals surface area contributed by atoms with Crippen molar-refractivity contribution in [3.8, 4) is 11.1 Å². The Morgan fingerprint density at radius 3 is 2.50 bits per heavy atom. The van der Waals surface area contributed by atoms with Crippen molar-refractivity contribution in [1.29, 1.82) is 0 Å². The van der Waals surface area contributed by atoms with E-state index in [-0.39, 0.29) is 0 Å². The van der Waals surface area contributed by atoms with Crippen LogP contribution in [0.3, 0.4) is 0 Å². The Morgan fingerprint density at radius 2 is 1.92 bits per heavy atom. The number of nitrogens with zero attached hydrogens (tertiary/aromatic N) is 3. The highest BCUT2D eigenvalue weighted by Crippen LogP contribution is 2.37. The molecule has 0 amide bonds. The van der Waals surface area contributed by atoms with Crippen molar-refractivity contribution in [2.24, 2.45) is 0 Å². The summed E-state index contributed by atoms with van der Waals surface area (Å²) in [4.78, 5) is 5.63. The Bertz CT molecular complexity index is 981. The van der Waals surface area contributed by atoms with Gasteiger partial charge in [-0.15, -0.1) is 0 Å². The molecule has 4 nitrogen and oxygen atoms in total. The van der Waals surface area contributed by atoms with E-state index in [9.17, 15) is 0 Å². The zero-order chi connectivity index (χ0) is 18.8. The molecule has 5 heteroatoms. The van der Waals surface area contributed by atoms with Gasteiger partial charge in [-0.3, -0.25) is 0 Å². The second-order valence-electron chi connectivity index (χ2n) is 6.19. The molecule has 0 atom stereocenters. The molecular formula is C21H20ClN3O. The fourth-order valence-electron chi connectivity index (χ4n) is 3.20. The average Bonchev–Trinajstić information content (AvgIpc) is 2.96. The lowest BCUT2D eigenvalue weighted by molar-refractivity contribution is 0.393. The van der Waals surface area contributed by atoms with Gasteiger partial charge in [-0.1, -0.05) is 35.0 Å². The first-order valence-electron chi connectivity index (χ1n) is 8.44. The molecule has 0 bridgehead atoms. The summed E-state index contributed by atoms with van der Waals surface area (Å²) in [5, 5.41) is 4.53. The van der Waals surface area contributed by atoms with Crippen LogP contribution in [0.25, 0.3) is 16.0 Å². The van der Waals surface area contributed by atoms with E-state index in [1.54, 1.807) is 6.07 Å². The topological polar surface area (TPSA) is 33.6 Å². The molecule has 0 aliphatic heterocycles. The predicted molar refractivity (Wildman–Crippen MR) is 107 cm³/mol. The first kappa shape index (κ1) is 18.0. The minimum atomic E-state index is 0.465. The third-order valence-electron chi connectivity index (χ3n) is 4.50. The number of rotatable bonds is 4. The van der Waals surface area contributed by atoms with Gasteiger partial charge in [-0.25, -0.2) is 4.85 Å². The summed E-state index contributed by atoms with van der Waals surface area (Å²) in [6, 6.07) is 11.9. The van der Waals surface area contributed by atoms with Crippen LogP contribution in [0.4, 0.5) is 17.1 Å². The highest BCUT2D eigenvalue weighted by atomic mass is 35.5. The van der Waals surface area contributed by atoms with Crippen molar-refractivity contribution in [2.45, 2.75) is 27.7 Å². The van der Waals surface area contributed by atoms with Crippen LogP contribution >= 0.6 is 11.6 Å². The van der Waals surface area contributed by atoms with Crippen LogP contribution in [0.1, 0.15) is 23.9 Å². The minimum Gasteiger partial charge on any atom is -0.361 e. The van der Waals surface area contributed by atoms with Crippen LogP contribution < -0.4 is 4.90 Å². The lowest BCUT2D eigenvalue weighted by Gasteiger charge is -2.26. The molecule has 26 heavy (non-hydrogen) atoms. The van der Waals surface area contributed by atoms with Gasteiger partial charge in [-0.2, -0.15) is 0 Å².